The van der Waals surface area contributed by atoms with Crippen LogP contribution < -0.4 is 0 Å². The van der Waals surface area contributed by atoms with Crippen LogP contribution in [-0.4, -0.2) is 0 Å². The van der Waals surface area contributed by atoms with Crippen LogP contribution in [0.1, 0.15) is 19.4 Å². The molecule has 0 aliphatic carbocycles. The van der Waals surface area contributed by atoms with Gasteiger partial charge in [-0.15, -0.1) is 0 Å². The van der Waals surface area contributed by atoms with Crippen LogP contribution in [0.4, 0.5) is 0 Å². The van der Waals surface area contributed by atoms with Crippen LogP contribution in [0.3, 0.4) is 0 Å². The lowest BCUT2D eigenvalue weighted by Gasteiger charge is -2.01. The number of hydrogen-bond donors (Lipinski definition) is 0. The fraction of sp³-hybridized carbons (Fsp3) is 0.200. The van der Waals surface area contributed by atoms with Gasteiger partial charge in [0.25, 0.3) is 0 Å². The summed E-state index contributed by atoms with van der Waals surface area (Å²) in [5, 5.41) is 0. The summed E-state index contributed by atoms with van der Waals surface area (Å²) in [5.41, 5.74) is 3.88. The van der Waals surface area contributed by atoms with Crippen molar-refractivity contribution >= 4 is 0 Å². The molecule has 0 nitrogen and oxygen atoms in total. The molecule has 0 unspecified atom stereocenters. The molecule has 0 amide bonds. The Labute approximate surface area is 92.6 Å². The molecule has 2 rings (SSSR count). The van der Waals surface area contributed by atoms with Gasteiger partial charge in [0.15, 0.2) is 0 Å². The minimum absolute atomic E-state index is 1.28. The molecule has 0 atom stereocenters. The largest absolute Gasteiger partial charge is 0.0683 e. The summed E-state index contributed by atoms with van der Waals surface area (Å²) in [6.45, 7) is 6.12. The van der Waals surface area contributed by atoms with E-state index in [4.69, 9.17) is 0 Å². The van der Waals surface area contributed by atoms with Gasteiger partial charge >= 0.3 is 0 Å². The van der Waals surface area contributed by atoms with Gasteiger partial charge < -0.3 is 0 Å². The second-order valence-corrected chi connectivity index (χ2v) is 3.24. The van der Waals surface area contributed by atoms with E-state index in [1.54, 1.807) is 0 Å². The van der Waals surface area contributed by atoms with E-state index in [0.29, 0.717) is 0 Å². The molecule has 15 heavy (non-hydrogen) atoms. The number of aryl methyl sites for hydroxylation is 1. The number of benzene rings is 2. The van der Waals surface area contributed by atoms with Gasteiger partial charge in [0.2, 0.25) is 0 Å². The summed E-state index contributed by atoms with van der Waals surface area (Å²) in [6.07, 6.45) is 0. The van der Waals surface area contributed by atoms with Crippen LogP contribution in [0.15, 0.2) is 54.6 Å². The van der Waals surface area contributed by atoms with Crippen molar-refractivity contribution in [3.63, 3.8) is 0 Å². The first-order valence-electron chi connectivity index (χ1n) is 5.48. The maximum absolute atomic E-state index is 2.20. The highest BCUT2D eigenvalue weighted by Gasteiger charge is 1.94. The lowest BCUT2D eigenvalue weighted by atomic mass is 10.0. The minimum atomic E-state index is 1.28. The van der Waals surface area contributed by atoms with E-state index in [1.165, 1.54) is 16.7 Å². The maximum atomic E-state index is 2.20. The molecule has 0 saturated heterocycles. The van der Waals surface area contributed by atoms with Crippen molar-refractivity contribution in [3.8, 4) is 11.1 Å². The molecule has 0 heteroatoms. The average molecular weight is 198 g/mol. The predicted molar refractivity (Wildman–Crippen MR) is 68.0 cm³/mol. The summed E-state index contributed by atoms with van der Waals surface area (Å²) in [4.78, 5) is 0. The molecule has 78 valence electrons. The molecular formula is C15H18. The predicted octanol–water partition coefficient (Wildman–Crippen LogP) is 4.69. The van der Waals surface area contributed by atoms with E-state index in [9.17, 15) is 0 Å². The van der Waals surface area contributed by atoms with Gasteiger partial charge in [-0.1, -0.05) is 74.0 Å². The van der Waals surface area contributed by atoms with Gasteiger partial charge in [-0.3, -0.25) is 0 Å². The van der Waals surface area contributed by atoms with Gasteiger partial charge in [-0.25, -0.2) is 0 Å². The van der Waals surface area contributed by atoms with Crippen molar-refractivity contribution in [2.45, 2.75) is 20.8 Å². The smallest absolute Gasteiger partial charge is 0.0181 e. The zero-order valence-corrected chi connectivity index (χ0v) is 9.70. The maximum Gasteiger partial charge on any atom is -0.0181 e. The molecule has 0 fully saturated rings. The highest BCUT2D eigenvalue weighted by Crippen LogP contribution is 2.19. The van der Waals surface area contributed by atoms with Crippen molar-refractivity contribution in [2.75, 3.05) is 0 Å². The van der Waals surface area contributed by atoms with Crippen LogP contribution in [-0.2, 0) is 0 Å². The lowest BCUT2D eigenvalue weighted by molar-refractivity contribution is 1.47. The molecule has 0 aliphatic rings. The Morgan fingerprint density at radius 2 is 1.27 bits per heavy atom. The molecule has 0 aliphatic heterocycles. The van der Waals surface area contributed by atoms with E-state index in [1.807, 2.05) is 19.9 Å². The Balaban J connectivity index is 0.000000531. The Morgan fingerprint density at radius 1 is 0.667 bits per heavy atom. The second kappa shape index (κ2) is 6.02. The van der Waals surface area contributed by atoms with E-state index in [2.05, 4.69) is 55.5 Å². The molecule has 0 spiro atoms. The minimum Gasteiger partial charge on any atom is -0.0683 e. The van der Waals surface area contributed by atoms with Gasteiger partial charge in [-0.2, -0.15) is 0 Å². The van der Waals surface area contributed by atoms with Gasteiger partial charge in [0.05, 0.1) is 0 Å². The quantitative estimate of drug-likeness (QED) is 0.623. The molecule has 2 aromatic rings. The first kappa shape index (κ1) is 11.5. The Kier molecular flexibility index (Phi) is 4.62. The van der Waals surface area contributed by atoms with E-state index in [-0.39, 0.29) is 0 Å². The average Bonchev–Trinajstić information content (AvgIpc) is 2.33. The SMILES string of the molecule is CC.Cc1cccc(-c2ccccc2)c1. The standard InChI is InChI=1S/C13H12.C2H6/c1-11-6-5-9-13(10-11)12-7-3-2-4-8-12;1-2/h2-10H,1H3;1-2H3. The van der Waals surface area contributed by atoms with E-state index < -0.39 is 0 Å². The van der Waals surface area contributed by atoms with Crippen LogP contribution in [0.2, 0.25) is 0 Å². The number of rotatable bonds is 1. The first-order valence-corrected chi connectivity index (χ1v) is 5.48. The highest BCUT2D eigenvalue weighted by atomic mass is 14.0. The topological polar surface area (TPSA) is 0 Å². The summed E-state index contributed by atoms with van der Waals surface area (Å²) in [7, 11) is 0. The van der Waals surface area contributed by atoms with Gasteiger partial charge in [0, 0.05) is 0 Å². The fourth-order valence-corrected chi connectivity index (χ4v) is 1.46. The molecule has 0 saturated carbocycles. The van der Waals surface area contributed by atoms with Crippen LogP contribution >= 0.6 is 0 Å². The van der Waals surface area contributed by atoms with Crippen LogP contribution in [0.25, 0.3) is 11.1 Å². The van der Waals surface area contributed by atoms with Crippen molar-refractivity contribution in [1.29, 1.82) is 0 Å². The first-order chi connectivity index (χ1) is 7.36. The Hall–Kier alpha value is -1.56. The van der Waals surface area contributed by atoms with Crippen molar-refractivity contribution in [3.05, 3.63) is 60.2 Å². The molecule has 0 heterocycles. The summed E-state index contributed by atoms with van der Waals surface area (Å²) < 4.78 is 0. The second-order valence-electron chi connectivity index (χ2n) is 3.24. The third kappa shape index (κ3) is 3.25. The van der Waals surface area contributed by atoms with Gasteiger partial charge in [-0.05, 0) is 18.1 Å². The monoisotopic (exact) mass is 198 g/mol. The molecule has 0 radical (unpaired) electrons. The molecule has 2 aromatic carbocycles. The summed E-state index contributed by atoms with van der Waals surface area (Å²) >= 11 is 0. The normalized spacial score (nSPS) is 9.00. The van der Waals surface area contributed by atoms with E-state index >= 15 is 0 Å². The van der Waals surface area contributed by atoms with Crippen molar-refractivity contribution < 1.29 is 0 Å². The number of hydrogen-bond acceptors (Lipinski definition) is 0. The van der Waals surface area contributed by atoms with Crippen LogP contribution in [0.5, 0.6) is 0 Å². The fourth-order valence-electron chi connectivity index (χ4n) is 1.46. The summed E-state index contributed by atoms with van der Waals surface area (Å²) in [5.74, 6) is 0. The zero-order chi connectivity index (χ0) is 11.1. The Bertz CT molecular complexity index is 388. The van der Waals surface area contributed by atoms with E-state index in [0.717, 1.165) is 0 Å². The van der Waals surface area contributed by atoms with Crippen molar-refractivity contribution in [2.24, 2.45) is 0 Å². The summed E-state index contributed by atoms with van der Waals surface area (Å²) in [6, 6.07) is 19.0. The van der Waals surface area contributed by atoms with Gasteiger partial charge in [0.1, 0.15) is 0 Å². The van der Waals surface area contributed by atoms with Crippen molar-refractivity contribution in [1.82, 2.24) is 0 Å². The molecule has 0 bridgehead atoms. The zero-order valence-electron chi connectivity index (χ0n) is 9.70. The Morgan fingerprint density at radius 3 is 1.87 bits per heavy atom. The molecule has 0 N–H and O–H groups in total. The molecular weight excluding hydrogens is 180 g/mol. The van der Waals surface area contributed by atoms with Crippen LogP contribution in [0, 0.1) is 6.92 Å². The highest BCUT2D eigenvalue weighted by molar-refractivity contribution is 5.63. The third-order valence-electron chi connectivity index (χ3n) is 2.13. The molecule has 0 aromatic heterocycles. The lowest BCUT2D eigenvalue weighted by Crippen LogP contribution is -1.77. The third-order valence-corrected chi connectivity index (χ3v) is 2.13.